The minimum Gasteiger partial charge on any atom is -0.356 e. The van der Waals surface area contributed by atoms with Crippen molar-refractivity contribution >= 4 is 5.91 Å². The summed E-state index contributed by atoms with van der Waals surface area (Å²) in [6.07, 6.45) is 23.5. The zero-order chi connectivity index (χ0) is 18.6. The normalized spacial score (nSPS) is 11.5. The maximum atomic E-state index is 11.6. The summed E-state index contributed by atoms with van der Waals surface area (Å²) in [5, 5.41) is 3.02. The van der Waals surface area contributed by atoms with E-state index in [1.165, 1.54) is 77.0 Å². The first-order valence-electron chi connectivity index (χ1n) is 11.1. The lowest BCUT2D eigenvalue weighted by Gasteiger charge is -2.07. The minimum absolute atomic E-state index is 0.235. The van der Waals surface area contributed by atoms with Crippen LogP contribution in [-0.4, -0.2) is 12.5 Å². The average Bonchev–Trinajstić information content (AvgIpc) is 2.58. The lowest BCUT2D eigenvalue weighted by Crippen LogP contribution is -2.24. The molecule has 0 aliphatic heterocycles. The van der Waals surface area contributed by atoms with Crippen LogP contribution in [0.5, 0.6) is 0 Å². The summed E-state index contributed by atoms with van der Waals surface area (Å²) < 4.78 is 0. The molecule has 0 aliphatic rings. The second-order valence-corrected chi connectivity index (χ2v) is 7.87. The van der Waals surface area contributed by atoms with E-state index in [0.717, 1.165) is 19.4 Å². The van der Waals surface area contributed by atoms with Crippen LogP contribution in [0.3, 0.4) is 0 Å². The van der Waals surface area contributed by atoms with Crippen LogP contribution in [0.2, 0.25) is 0 Å². The molecule has 148 valence electrons. The minimum atomic E-state index is 0.235. The maximum Gasteiger partial charge on any atom is 0.219 e. The van der Waals surface area contributed by atoms with Crippen LogP contribution in [0.4, 0.5) is 0 Å². The lowest BCUT2D eigenvalue weighted by molar-refractivity contribution is -0.121. The summed E-state index contributed by atoms with van der Waals surface area (Å²) in [5.74, 6) is 0.901. The molecule has 0 aliphatic carbocycles. The Balaban J connectivity index is 3.20. The van der Waals surface area contributed by atoms with Crippen LogP contribution >= 0.6 is 0 Å². The Kier molecular flexibility index (Phi) is 18.9. The molecule has 0 fully saturated rings. The molecule has 2 nitrogen and oxygen atoms in total. The van der Waals surface area contributed by atoms with Gasteiger partial charge in [-0.05, 0) is 44.4 Å². The van der Waals surface area contributed by atoms with Crippen molar-refractivity contribution < 1.29 is 4.79 Å². The highest BCUT2D eigenvalue weighted by Gasteiger charge is 2.01. The van der Waals surface area contributed by atoms with Gasteiger partial charge in [0.05, 0.1) is 0 Å². The van der Waals surface area contributed by atoms with E-state index in [0.29, 0.717) is 12.3 Å². The molecule has 0 aromatic rings. The molecule has 0 spiro atoms. The van der Waals surface area contributed by atoms with Gasteiger partial charge in [0.2, 0.25) is 5.91 Å². The van der Waals surface area contributed by atoms with Crippen LogP contribution in [0.1, 0.15) is 117 Å². The van der Waals surface area contributed by atoms with Crippen molar-refractivity contribution in [1.82, 2.24) is 5.32 Å². The van der Waals surface area contributed by atoms with Crippen molar-refractivity contribution in [3.63, 3.8) is 0 Å². The Labute approximate surface area is 158 Å². The van der Waals surface area contributed by atoms with Crippen molar-refractivity contribution in [1.29, 1.82) is 0 Å². The molecule has 1 amide bonds. The van der Waals surface area contributed by atoms with E-state index in [-0.39, 0.29) is 5.91 Å². The van der Waals surface area contributed by atoms with E-state index in [1.807, 2.05) is 0 Å². The second-order valence-electron chi connectivity index (χ2n) is 7.87. The molecule has 0 heterocycles. The SMILES string of the molecule is CCCCCCCC/C=C\CCCCCCCC(=O)NCCC(C)C. The lowest BCUT2D eigenvalue weighted by atomic mass is 10.1. The molecule has 0 bridgehead atoms. The molecule has 0 saturated carbocycles. The zero-order valence-electron chi connectivity index (χ0n) is 17.5. The quantitative estimate of drug-likeness (QED) is 0.205. The van der Waals surface area contributed by atoms with E-state index in [9.17, 15) is 4.79 Å². The molecule has 0 radical (unpaired) electrons. The number of hydrogen-bond acceptors (Lipinski definition) is 1. The van der Waals surface area contributed by atoms with E-state index < -0.39 is 0 Å². The van der Waals surface area contributed by atoms with Crippen LogP contribution < -0.4 is 5.32 Å². The van der Waals surface area contributed by atoms with Gasteiger partial charge >= 0.3 is 0 Å². The van der Waals surface area contributed by atoms with Gasteiger partial charge in [-0.25, -0.2) is 0 Å². The second kappa shape index (κ2) is 19.5. The van der Waals surface area contributed by atoms with Gasteiger partial charge in [-0.3, -0.25) is 4.79 Å². The average molecular weight is 352 g/mol. The third-order valence-electron chi connectivity index (χ3n) is 4.71. The molecule has 0 unspecified atom stereocenters. The van der Waals surface area contributed by atoms with E-state index >= 15 is 0 Å². The number of nitrogens with one attached hydrogen (secondary N) is 1. The number of allylic oxidation sites excluding steroid dienone is 2. The summed E-state index contributed by atoms with van der Waals surface area (Å²) in [5.41, 5.74) is 0. The van der Waals surface area contributed by atoms with Crippen LogP contribution in [0, 0.1) is 5.92 Å². The summed E-state index contributed by atoms with van der Waals surface area (Å²) in [6, 6.07) is 0. The molecular weight excluding hydrogens is 306 g/mol. The van der Waals surface area contributed by atoms with Crippen molar-refractivity contribution in [2.24, 2.45) is 5.92 Å². The number of rotatable bonds is 18. The van der Waals surface area contributed by atoms with Crippen molar-refractivity contribution in [3.05, 3.63) is 12.2 Å². The zero-order valence-corrected chi connectivity index (χ0v) is 17.5. The number of amides is 1. The molecule has 0 saturated heterocycles. The molecule has 0 atom stereocenters. The third kappa shape index (κ3) is 21.2. The Hall–Kier alpha value is -0.790. The highest BCUT2D eigenvalue weighted by Crippen LogP contribution is 2.10. The van der Waals surface area contributed by atoms with E-state index in [1.54, 1.807) is 0 Å². The highest BCUT2D eigenvalue weighted by molar-refractivity contribution is 5.75. The van der Waals surface area contributed by atoms with Crippen molar-refractivity contribution in [2.45, 2.75) is 117 Å². The summed E-state index contributed by atoms with van der Waals surface area (Å²) >= 11 is 0. The number of carbonyl (C=O) groups is 1. The standard InChI is InChI=1S/C23H45NO/c1-4-5-6-7-8-9-10-11-12-13-14-15-16-17-18-19-23(25)24-21-20-22(2)3/h11-12,22H,4-10,13-21H2,1-3H3,(H,24,25)/b12-11-. The summed E-state index contributed by atoms with van der Waals surface area (Å²) in [7, 11) is 0. The predicted molar refractivity (Wildman–Crippen MR) is 112 cm³/mol. The Bertz CT molecular complexity index is 309. The van der Waals surface area contributed by atoms with Gasteiger partial charge in [0.15, 0.2) is 0 Å². The Morgan fingerprint density at radius 2 is 1.32 bits per heavy atom. The van der Waals surface area contributed by atoms with Crippen LogP contribution in [0.25, 0.3) is 0 Å². The molecule has 1 N–H and O–H groups in total. The van der Waals surface area contributed by atoms with Crippen molar-refractivity contribution in [2.75, 3.05) is 6.54 Å². The first kappa shape index (κ1) is 24.2. The third-order valence-corrected chi connectivity index (χ3v) is 4.71. The van der Waals surface area contributed by atoms with Gasteiger partial charge < -0.3 is 5.32 Å². The molecule has 0 aromatic heterocycles. The Morgan fingerprint density at radius 1 is 0.800 bits per heavy atom. The van der Waals surface area contributed by atoms with Crippen LogP contribution in [-0.2, 0) is 4.79 Å². The topological polar surface area (TPSA) is 29.1 Å². The smallest absolute Gasteiger partial charge is 0.219 e. The fraction of sp³-hybridized carbons (Fsp3) is 0.870. The Morgan fingerprint density at radius 3 is 1.88 bits per heavy atom. The predicted octanol–water partition coefficient (Wildman–Crippen LogP) is 7.19. The number of unbranched alkanes of at least 4 members (excludes halogenated alkanes) is 11. The fourth-order valence-electron chi connectivity index (χ4n) is 2.94. The van der Waals surface area contributed by atoms with Gasteiger partial charge in [-0.2, -0.15) is 0 Å². The van der Waals surface area contributed by atoms with Gasteiger partial charge in [-0.15, -0.1) is 0 Å². The van der Waals surface area contributed by atoms with Crippen molar-refractivity contribution in [3.8, 4) is 0 Å². The first-order chi connectivity index (χ1) is 12.2. The van der Waals surface area contributed by atoms with E-state index in [2.05, 4.69) is 38.2 Å². The molecule has 25 heavy (non-hydrogen) atoms. The van der Waals surface area contributed by atoms with Crippen LogP contribution in [0.15, 0.2) is 12.2 Å². The van der Waals surface area contributed by atoms with Gasteiger partial charge in [-0.1, -0.05) is 84.3 Å². The molecule has 2 heteroatoms. The maximum absolute atomic E-state index is 11.6. The molecule has 0 rings (SSSR count). The first-order valence-corrected chi connectivity index (χ1v) is 11.1. The van der Waals surface area contributed by atoms with Gasteiger partial charge in [0.1, 0.15) is 0 Å². The summed E-state index contributed by atoms with van der Waals surface area (Å²) in [6.45, 7) is 7.49. The number of hydrogen-bond donors (Lipinski definition) is 1. The largest absolute Gasteiger partial charge is 0.356 e. The highest BCUT2D eigenvalue weighted by atomic mass is 16.1. The fourth-order valence-corrected chi connectivity index (χ4v) is 2.94. The molecular formula is C23H45NO. The van der Waals surface area contributed by atoms with Gasteiger partial charge in [0, 0.05) is 13.0 Å². The van der Waals surface area contributed by atoms with Gasteiger partial charge in [0.25, 0.3) is 0 Å². The molecule has 0 aromatic carbocycles. The number of carbonyl (C=O) groups excluding carboxylic acids is 1. The summed E-state index contributed by atoms with van der Waals surface area (Å²) in [4.78, 5) is 11.6. The monoisotopic (exact) mass is 351 g/mol. The van der Waals surface area contributed by atoms with E-state index in [4.69, 9.17) is 0 Å².